The Morgan fingerprint density at radius 1 is 1.35 bits per heavy atom. The first-order valence-corrected chi connectivity index (χ1v) is 6.88. The van der Waals surface area contributed by atoms with Crippen LogP contribution in [0, 0.1) is 5.41 Å². The van der Waals surface area contributed by atoms with E-state index in [0.717, 1.165) is 0 Å². The minimum atomic E-state index is -1.02. The Balaban J connectivity index is 2.44. The van der Waals surface area contributed by atoms with Gasteiger partial charge in [0.1, 0.15) is 17.2 Å². The largest absolute Gasteiger partial charge is 0.540 e. The molecule has 1 heterocycles. The summed E-state index contributed by atoms with van der Waals surface area (Å²) in [6, 6.07) is 5.12. The van der Waals surface area contributed by atoms with Gasteiger partial charge in [-0.15, -0.1) is 0 Å². The molecule has 1 aromatic rings. The van der Waals surface area contributed by atoms with Crippen LogP contribution in [-0.2, 0) is 14.4 Å². The van der Waals surface area contributed by atoms with Crippen molar-refractivity contribution in [1.29, 1.82) is 0 Å². The van der Waals surface area contributed by atoms with E-state index in [9.17, 15) is 9.59 Å². The maximum absolute atomic E-state index is 12.3. The van der Waals surface area contributed by atoms with Crippen molar-refractivity contribution in [3.05, 3.63) is 36.1 Å². The second-order valence-corrected chi connectivity index (χ2v) is 5.58. The molecule has 2 rings (SSSR count). The van der Waals surface area contributed by atoms with E-state index in [2.05, 4.69) is 21.8 Å². The molecule has 23 heavy (non-hydrogen) atoms. The van der Waals surface area contributed by atoms with Gasteiger partial charge in [0.15, 0.2) is 0 Å². The molecule has 122 valence electrons. The van der Waals surface area contributed by atoms with Crippen molar-refractivity contribution in [2.75, 3.05) is 12.4 Å². The first-order valence-electron chi connectivity index (χ1n) is 6.88. The Morgan fingerprint density at radius 2 is 2.04 bits per heavy atom. The SMILES string of the molecule is C=C(C)OC(=O)ON=C1c2cc(OC)ccc2NC(=O)C1(C)C. The van der Waals surface area contributed by atoms with E-state index in [-0.39, 0.29) is 11.7 Å². The van der Waals surface area contributed by atoms with Crippen LogP contribution < -0.4 is 10.1 Å². The van der Waals surface area contributed by atoms with Crippen LogP contribution in [0.4, 0.5) is 10.5 Å². The molecule has 1 aliphatic heterocycles. The van der Waals surface area contributed by atoms with Crippen LogP contribution in [0.5, 0.6) is 5.75 Å². The lowest BCUT2D eigenvalue weighted by Crippen LogP contribution is -2.43. The summed E-state index contributed by atoms with van der Waals surface area (Å²) in [7, 11) is 1.53. The standard InChI is InChI=1S/C16H18N2O5/c1-9(2)22-15(20)23-18-13-11-8-10(21-5)6-7-12(11)17-14(19)16(13,3)4/h6-8H,1H2,2-5H3,(H,17,19). The van der Waals surface area contributed by atoms with Crippen molar-refractivity contribution < 1.29 is 23.9 Å². The van der Waals surface area contributed by atoms with E-state index in [0.29, 0.717) is 22.7 Å². The molecular formula is C16H18N2O5. The zero-order valence-corrected chi connectivity index (χ0v) is 13.4. The third-order valence-electron chi connectivity index (χ3n) is 3.36. The highest BCUT2D eigenvalue weighted by atomic mass is 16.8. The molecule has 1 N–H and O–H groups in total. The summed E-state index contributed by atoms with van der Waals surface area (Å²) in [4.78, 5) is 28.5. The summed E-state index contributed by atoms with van der Waals surface area (Å²) < 4.78 is 9.87. The summed E-state index contributed by atoms with van der Waals surface area (Å²) in [6.45, 7) is 8.30. The maximum atomic E-state index is 12.3. The number of methoxy groups -OCH3 is 1. The number of allylic oxidation sites excluding steroid dienone is 1. The number of ether oxygens (including phenoxy) is 2. The van der Waals surface area contributed by atoms with Crippen LogP contribution in [0.3, 0.4) is 0 Å². The van der Waals surface area contributed by atoms with Crippen molar-refractivity contribution >= 4 is 23.5 Å². The highest BCUT2D eigenvalue weighted by molar-refractivity contribution is 6.25. The summed E-state index contributed by atoms with van der Waals surface area (Å²) in [6.07, 6.45) is -1.02. The van der Waals surface area contributed by atoms with Gasteiger partial charge in [0.2, 0.25) is 5.91 Å². The Morgan fingerprint density at radius 3 is 2.65 bits per heavy atom. The average molecular weight is 318 g/mol. The molecule has 0 saturated heterocycles. The van der Waals surface area contributed by atoms with Gasteiger partial charge in [0.05, 0.1) is 18.2 Å². The van der Waals surface area contributed by atoms with Gasteiger partial charge in [0.25, 0.3) is 0 Å². The summed E-state index contributed by atoms with van der Waals surface area (Å²) in [5, 5.41) is 6.63. The van der Waals surface area contributed by atoms with Gasteiger partial charge in [-0.3, -0.25) is 9.63 Å². The second kappa shape index (κ2) is 6.12. The number of carbonyl (C=O) groups is 2. The predicted octanol–water partition coefficient (Wildman–Crippen LogP) is 3.06. The zero-order chi connectivity index (χ0) is 17.2. The topological polar surface area (TPSA) is 86.2 Å². The number of rotatable bonds is 3. The van der Waals surface area contributed by atoms with Crippen molar-refractivity contribution in [3.63, 3.8) is 0 Å². The average Bonchev–Trinajstić information content (AvgIpc) is 2.46. The molecule has 0 atom stereocenters. The fourth-order valence-electron chi connectivity index (χ4n) is 2.09. The van der Waals surface area contributed by atoms with Crippen LogP contribution >= 0.6 is 0 Å². The number of nitrogens with one attached hydrogen (secondary N) is 1. The molecule has 0 aromatic heterocycles. The number of hydrogen-bond acceptors (Lipinski definition) is 6. The molecule has 0 radical (unpaired) electrons. The monoisotopic (exact) mass is 318 g/mol. The van der Waals surface area contributed by atoms with Crippen LogP contribution in [0.1, 0.15) is 26.3 Å². The molecule has 7 nitrogen and oxygen atoms in total. The molecule has 0 spiro atoms. The number of hydrogen-bond donors (Lipinski definition) is 1. The van der Waals surface area contributed by atoms with Gasteiger partial charge in [-0.2, -0.15) is 0 Å². The molecule has 7 heteroatoms. The molecule has 1 aliphatic rings. The summed E-state index contributed by atoms with van der Waals surface area (Å²) in [5.41, 5.74) is 0.472. The number of benzene rings is 1. The molecule has 0 aliphatic carbocycles. The summed E-state index contributed by atoms with van der Waals surface area (Å²) in [5.74, 6) is 0.511. The summed E-state index contributed by atoms with van der Waals surface area (Å²) >= 11 is 0. The quantitative estimate of drug-likeness (QED) is 0.400. The van der Waals surface area contributed by atoms with Crippen molar-refractivity contribution in [2.45, 2.75) is 20.8 Å². The van der Waals surface area contributed by atoms with Gasteiger partial charge >= 0.3 is 6.16 Å². The number of amides is 1. The van der Waals surface area contributed by atoms with Crippen LogP contribution in [0.25, 0.3) is 0 Å². The fraction of sp³-hybridized carbons (Fsp3) is 0.312. The fourth-order valence-corrected chi connectivity index (χ4v) is 2.09. The van der Waals surface area contributed by atoms with Gasteiger partial charge < -0.3 is 14.8 Å². The lowest BCUT2D eigenvalue weighted by Gasteiger charge is -2.31. The second-order valence-electron chi connectivity index (χ2n) is 5.58. The smallest absolute Gasteiger partial charge is 0.497 e. The van der Waals surface area contributed by atoms with E-state index in [1.165, 1.54) is 14.0 Å². The van der Waals surface area contributed by atoms with E-state index < -0.39 is 11.6 Å². The Bertz CT molecular complexity index is 706. The number of anilines is 1. The molecule has 0 saturated carbocycles. The first-order chi connectivity index (χ1) is 10.8. The third kappa shape index (κ3) is 3.33. The predicted molar refractivity (Wildman–Crippen MR) is 84.3 cm³/mol. The van der Waals surface area contributed by atoms with Crippen LogP contribution in [0.15, 0.2) is 35.7 Å². The number of carbonyl (C=O) groups excluding carboxylic acids is 2. The molecule has 1 aromatic carbocycles. The highest BCUT2D eigenvalue weighted by Crippen LogP contribution is 2.36. The van der Waals surface area contributed by atoms with Crippen LogP contribution in [0.2, 0.25) is 0 Å². The molecule has 1 amide bonds. The first kappa shape index (κ1) is 16.5. The normalized spacial score (nSPS) is 17.0. The minimum absolute atomic E-state index is 0.179. The maximum Gasteiger partial charge on any atom is 0.540 e. The van der Waals surface area contributed by atoms with Crippen molar-refractivity contribution in [3.8, 4) is 5.75 Å². The van der Waals surface area contributed by atoms with E-state index in [4.69, 9.17) is 9.57 Å². The molecule has 0 fully saturated rings. The molecule has 0 unspecified atom stereocenters. The molecular weight excluding hydrogens is 300 g/mol. The van der Waals surface area contributed by atoms with Gasteiger partial charge in [0, 0.05) is 5.56 Å². The Hall–Kier alpha value is -2.83. The number of fused-ring (bicyclic) bond motifs is 1. The minimum Gasteiger partial charge on any atom is -0.497 e. The molecule has 0 bridgehead atoms. The van der Waals surface area contributed by atoms with Crippen molar-refractivity contribution in [1.82, 2.24) is 0 Å². The van der Waals surface area contributed by atoms with Gasteiger partial charge in [-0.1, -0.05) is 11.7 Å². The van der Waals surface area contributed by atoms with E-state index in [1.54, 1.807) is 32.0 Å². The number of nitrogens with zero attached hydrogens (tertiary/aromatic N) is 1. The van der Waals surface area contributed by atoms with Gasteiger partial charge in [-0.25, -0.2) is 4.79 Å². The van der Waals surface area contributed by atoms with E-state index >= 15 is 0 Å². The van der Waals surface area contributed by atoms with Crippen LogP contribution in [-0.4, -0.2) is 24.9 Å². The lowest BCUT2D eigenvalue weighted by atomic mass is 9.79. The van der Waals surface area contributed by atoms with Crippen molar-refractivity contribution in [2.24, 2.45) is 10.6 Å². The van der Waals surface area contributed by atoms with Gasteiger partial charge in [-0.05, 0) is 39.0 Å². The van der Waals surface area contributed by atoms with E-state index in [1.807, 2.05) is 0 Å². The Kier molecular flexibility index (Phi) is 4.40. The highest BCUT2D eigenvalue weighted by Gasteiger charge is 2.41. The number of oxime groups is 1. The third-order valence-corrected chi connectivity index (χ3v) is 3.36. The zero-order valence-electron chi connectivity index (χ0n) is 13.4. The lowest BCUT2D eigenvalue weighted by molar-refractivity contribution is -0.121. The Labute approximate surface area is 133 Å².